The van der Waals surface area contributed by atoms with Crippen molar-refractivity contribution in [1.29, 1.82) is 5.41 Å². The van der Waals surface area contributed by atoms with E-state index in [4.69, 9.17) is 24.7 Å². The molecule has 0 saturated carbocycles. The number of methoxy groups -OCH3 is 1. The third kappa shape index (κ3) is 4.68. The maximum Gasteiger partial charge on any atom is 0.413 e. The van der Waals surface area contributed by atoms with Crippen LogP contribution in [0.25, 0.3) is 0 Å². The van der Waals surface area contributed by atoms with Crippen LogP contribution >= 0.6 is 0 Å². The van der Waals surface area contributed by atoms with Gasteiger partial charge in [0.2, 0.25) is 5.82 Å². The second-order valence-corrected chi connectivity index (χ2v) is 6.20. The number of nitrogens with one attached hydrogen (secondary N) is 2. The Morgan fingerprint density at radius 2 is 2.17 bits per heavy atom. The van der Waals surface area contributed by atoms with Crippen LogP contribution in [-0.2, 0) is 16.1 Å². The first-order chi connectivity index (χ1) is 13.9. The van der Waals surface area contributed by atoms with E-state index < -0.39 is 43.1 Å². The molecule has 0 bridgehead atoms. The zero-order valence-corrected chi connectivity index (χ0v) is 15.4. The molecule has 0 spiro atoms. The summed E-state index contributed by atoms with van der Waals surface area (Å²) in [6, 6.07) is 6.98. The number of hydrogen-bond donors (Lipinski definition) is 5. The molecule has 0 aliphatic carbocycles. The van der Waals surface area contributed by atoms with Crippen LogP contribution in [-0.4, -0.2) is 74.0 Å². The van der Waals surface area contributed by atoms with Gasteiger partial charge in [0.1, 0.15) is 37.0 Å². The summed E-state index contributed by atoms with van der Waals surface area (Å²) in [4.78, 5) is 15.8. The summed E-state index contributed by atoms with van der Waals surface area (Å²) in [5, 5.41) is 43.0. The number of aromatic nitrogens is 3. The number of aliphatic hydroxyl groups excluding tert-OH is 3. The molecule has 12 nitrogen and oxygen atoms in total. The van der Waals surface area contributed by atoms with E-state index in [9.17, 15) is 15.0 Å². The molecule has 3 rings (SSSR count). The van der Waals surface area contributed by atoms with Crippen LogP contribution in [0.15, 0.2) is 30.6 Å². The number of amides is 1. The minimum absolute atomic E-state index is 0.0271. The van der Waals surface area contributed by atoms with E-state index in [1.54, 1.807) is 24.3 Å². The summed E-state index contributed by atoms with van der Waals surface area (Å²) >= 11 is 0. The van der Waals surface area contributed by atoms with E-state index in [-0.39, 0.29) is 12.4 Å². The summed E-state index contributed by atoms with van der Waals surface area (Å²) < 4.78 is 16.6. The highest BCUT2D eigenvalue weighted by atomic mass is 16.6. The third-order valence-electron chi connectivity index (χ3n) is 4.24. The van der Waals surface area contributed by atoms with Crippen molar-refractivity contribution in [1.82, 2.24) is 20.1 Å². The molecule has 5 N–H and O–H groups in total. The molecule has 1 saturated heterocycles. The number of alkyl carbamates (subject to hydrolysis) is 1. The number of hydrogen-bond acceptors (Lipinski definition) is 10. The van der Waals surface area contributed by atoms with Crippen molar-refractivity contribution in [2.45, 2.75) is 31.1 Å². The molecule has 2 heterocycles. The average molecular weight is 407 g/mol. The van der Waals surface area contributed by atoms with Gasteiger partial charge in [-0.05, 0) is 17.7 Å². The first-order valence-electron chi connectivity index (χ1n) is 8.62. The molecular weight excluding hydrogens is 386 g/mol. The standard InChI is InChI=1S/C17H21N5O7/c1-27-10-4-2-3-9(5-10)7-28-17(26)20-14(18)15-19-8-22(21-15)16-13(25)12(24)11(6-23)29-16/h2-5,8,11-13,16,23-25H,6-7H2,1H3,(H2,18,20,26)/t11-,12-,13-,16-/m1/s1. The fourth-order valence-corrected chi connectivity index (χ4v) is 2.72. The lowest BCUT2D eigenvalue weighted by molar-refractivity contribution is -0.0588. The number of carbonyl (C=O) groups is 1. The summed E-state index contributed by atoms with van der Waals surface area (Å²) in [6.07, 6.45) is -4.38. The number of ether oxygens (including phenoxy) is 3. The molecular formula is C17H21N5O7. The van der Waals surface area contributed by atoms with Crippen LogP contribution in [0.4, 0.5) is 4.79 Å². The van der Waals surface area contributed by atoms with Crippen molar-refractivity contribution in [3.8, 4) is 5.75 Å². The Labute approximate surface area is 165 Å². The molecule has 0 unspecified atom stereocenters. The number of carbonyl (C=O) groups excluding carboxylic acids is 1. The van der Waals surface area contributed by atoms with Crippen LogP contribution in [0, 0.1) is 5.41 Å². The van der Waals surface area contributed by atoms with Gasteiger partial charge in [-0.1, -0.05) is 12.1 Å². The van der Waals surface area contributed by atoms with Gasteiger partial charge >= 0.3 is 6.09 Å². The lowest BCUT2D eigenvalue weighted by atomic mass is 10.1. The fourth-order valence-electron chi connectivity index (χ4n) is 2.72. The molecule has 1 aliphatic heterocycles. The van der Waals surface area contributed by atoms with Crippen LogP contribution in [0.2, 0.25) is 0 Å². The summed E-state index contributed by atoms with van der Waals surface area (Å²) in [5.74, 6) is 0.0473. The highest BCUT2D eigenvalue weighted by molar-refractivity contribution is 6.01. The van der Waals surface area contributed by atoms with Crippen molar-refractivity contribution in [3.63, 3.8) is 0 Å². The Hall–Kier alpha value is -3.06. The van der Waals surface area contributed by atoms with Crippen LogP contribution < -0.4 is 10.1 Å². The maximum atomic E-state index is 11.9. The van der Waals surface area contributed by atoms with Crippen LogP contribution in [0.3, 0.4) is 0 Å². The summed E-state index contributed by atoms with van der Waals surface area (Å²) in [5.41, 5.74) is 0.706. The Morgan fingerprint density at radius 1 is 1.38 bits per heavy atom. The predicted octanol–water partition coefficient (Wildman–Crippen LogP) is -0.850. The molecule has 1 aromatic heterocycles. The van der Waals surface area contributed by atoms with Crippen LogP contribution in [0.5, 0.6) is 5.75 Å². The van der Waals surface area contributed by atoms with Crippen molar-refractivity contribution in [2.24, 2.45) is 0 Å². The first-order valence-corrected chi connectivity index (χ1v) is 8.62. The van der Waals surface area contributed by atoms with Gasteiger partial charge in [0.15, 0.2) is 12.1 Å². The van der Waals surface area contributed by atoms with Gasteiger partial charge in [0.05, 0.1) is 13.7 Å². The van der Waals surface area contributed by atoms with Gasteiger partial charge in [0, 0.05) is 0 Å². The van der Waals surface area contributed by atoms with Crippen molar-refractivity contribution < 1.29 is 34.3 Å². The number of nitrogens with zero attached hydrogens (tertiary/aromatic N) is 3. The zero-order chi connectivity index (χ0) is 21.0. The third-order valence-corrected chi connectivity index (χ3v) is 4.24. The van der Waals surface area contributed by atoms with E-state index in [0.29, 0.717) is 11.3 Å². The SMILES string of the molecule is COc1cccc(COC(=O)NC(=N)c2ncn([C@@H]3O[C@H](CO)[C@@H](O)[C@H]3O)n2)c1. The Kier molecular flexibility index (Phi) is 6.39. The maximum absolute atomic E-state index is 11.9. The summed E-state index contributed by atoms with van der Waals surface area (Å²) in [7, 11) is 1.53. The lowest BCUT2D eigenvalue weighted by Gasteiger charge is -2.13. The number of amidine groups is 1. The topological polar surface area (TPSA) is 172 Å². The van der Waals surface area contributed by atoms with E-state index in [0.717, 1.165) is 4.68 Å². The fraction of sp³-hybridized carbons (Fsp3) is 0.412. The van der Waals surface area contributed by atoms with Gasteiger partial charge in [-0.3, -0.25) is 10.7 Å². The number of aliphatic hydroxyl groups is 3. The Balaban J connectivity index is 1.55. The van der Waals surface area contributed by atoms with Gasteiger partial charge in [0.25, 0.3) is 0 Å². The van der Waals surface area contributed by atoms with E-state index in [1.807, 2.05) is 0 Å². The number of rotatable bonds is 6. The highest BCUT2D eigenvalue weighted by Gasteiger charge is 2.44. The smallest absolute Gasteiger partial charge is 0.413 e. The van der Waals surface area contributed by atoms with E-state index in [1.165, 1.54) is 13.4 Å². The van der Waals surface area contributed by atoms with E-state index >= 15 is 0 Å². The molecule has 1 fully saturated rings. The molecule has 1 aliphatic rings. The lowest BCUT2D eigenvalue weighted by Crippen LogP contribution is -2.33. The van der Waals surface area contributed by atoms with Crippen molar-refractivity contribution in [2.75, 3.05) is 13.7 Å². The average Bonchev–Trinajstić information content (AvgIpc) is 3.32. The quantitative estimate of drug-likeness (QED) is 0.302. The Bertz CT molecular complexity index is 873. The van der Waals surface area contributed by atoms with Crippen LogP contribution in [0.1, 0.15) is 17.6 Å². The molecule has 0 radical (unpaired) electrons. The molecule has 1 amide bonds. The molecule has 1 aromatic carbocycles. The number of benzene rings is 1. The zero-order valence-electron chi connectivity index (χ0n) is 15.4. The van der Waals surface area contributed by atoms with Gasteiger partial charge in [-0.15, -0.1) is 5.10 Å². The molecule has 12 heteroatoms. The Morgan fingerprint density at radius 3 is 2.86 bits per heavy atom. The monoisotopic (exact) mass is 407 g/mol. The second-order valence-electron chi connectivity index (χ2n) is 6.20. The molecule has 29 heavy (non-hydrogen) atoms. The normalized spacial score (nSPS) is 23.6. The predicted molar refractivity (Wildman–Crippen MR) is 96.2 cm³/mol. The van der Waals surface area contributed by atoms with Gasteiger partial charge in [-0.2, -0.15) is 0 Å². The molecule has 156 valence electrons. The highest BCUT2D eigenvalue weighted by Crippen LogP contribution is 2.28. The second kappa shape index (κ2) is 8.96. The van der Waals surface area contributed by atoms with E-state index in [2.05, 4.69) is 15.4 Å². The van der Waals surface area contributed by atoms with Gasteiger partial charge in [-0.25, -0.2) is 14.5 Å². The molecule has 2 aromatic rings. The van der Waals surface area contributed by atoms with Crippen molar-refractivity contribution >= 4 is 11.9 Å². The minimum Gasteiger partial charge on any atom is -0.497 e. The molecule has 4 atom stereocenters. The van der Waals surface area contributed by atoms with Crippen molar-refractivity contribution in [3.05, 3.63) is 42.0 Å². The largest absolute Gasteiger partial charge is 0.497 e. The summed E-state index contributed by atoms with van der Waals surface area (Å²) in [6.45, 7) is -0.506. The first kappa shape index (κ1) is 20.7. The van der Waals surface area contributed by atoms with Gasteiger partial charge < -0.3 is 29.5 Å². The minimum atomic E-state index is -1.34.